The molecule has 0 radical (unpaired) electrons. The van der Waals surface area contributed by atoms with E-state index in [4.69, 9.17) is 4.98 Å². The summed E-state index contributed by atoms with van der Waals surface area (Å²) in [5, 5.41) is 6.09. The van der Waals surface area contributed by atoms with E-state index in [2.05, 4.69) is 174 Å². The van der Waals surface area contributed by atoms with Gasteiger partial charge in [0.05, 0.1) is 16.9 Å². The van der Waals surface area contributed by atoms with Crippen molar-refractivity contribution in [3.63, 3.8) is 0 Å². The number of pyridine rings is 1. The molecule has 0 aliphatic heterocycles. The van der Waals surface area contributed by atoms with Crippen molar-refractivity contribution in [2.24, 2.45) is 0 Å². The van der Waals surface area contributed by atoms with Crippen molar-refractivity contribution in [3.8, 4) is 44.8 Å². The summed E-state index contributed by atoms with van der Waals surface area (Å²) in [6.45, 7) is 0. The Hall–Kier alpha value is -5.99. The molecule has 2 nitrogen and oxygen atoms in total. The molecular formula is C43H28N2. The van der Waals surface area contributed by atoms with Crippen LogP contribution in [0.1, 0.15) is 0 Å². The number of aromatic nitrogens is 2. The highest BCUT2D eigenvalue weighted by Gasteiger charge is 2.20. The Morgan fingerprint density at radius 2 is 0.911 bits per heavy atom. The molecule has 0 aliphatic rings. The molecule has 2 aromatic heterocycles. The maximum Gasteiger partial charge on any atom is 0.146 e. The van der Waals surface area contributed by atoms with Crippen molar-refractivity contribution in [3.05, 3.63) is 170 Å². The van der Waals surface area contributed by atoms with Gasteiger partial charge in [-0.05, 0) is 56.6 Å². The fourth-order valence-electron chi connectivity index (χ4n) is 6.76. The molecule has 0 atom stereocenters. The van der Waals surface area contributed by atoms with Crippen molar-refractivity contribution >= 4 is 38.1 Å². The first-order chi connectivity index (χ1) is 22.3. The number of benzene rings is 7. The zero-order valence-corrected chi connectivity index (χ0v) is 24.6. The zero-order chi connectivity index (χ0) is 29.7. The molecular weight excluding hydrogens is 544 g/mol. The van der Waals surface area contributed by atoms with Crippen LogP contribution < -0.4 is 0 Å². The van der Waals surface area contributed by atoms with E-state index in [9.17, 15) is 0 Å². The van der Waals surface area contributed by atoms with Crippen LogP contribution in [0, 0.1) is 0 Å². The third-order valence-electron chi connectivity index (χ3n) is 8.97. The molecule has 0 spiro atoms. The minimum atomic E-state index is 0.975. The van der Waals surface area contributed by atoms with E-state index < -0.39 is 0 Å². The molecule has 210 valence electrons. The van der Waals surface area contributed by atoms with Crippen molar-refractivity contribution < 1.29 is 0 Å². The van der Waals surface area contributed by atoms with Gasteiger partial charge in [0, 0.05) is 21.9 Å². The maximum atomic E-state index is 5.34. The predicted molar refractivity (Wildman–Crippen MR) is 189 cm³/mol. The Kier molecular flexibility index (Phi) is 5.85. The second-order valence-corrected chi connectivity index (χ2v) is 11.6. The van der Waals surface area contributed by atoms with Gasteiger partial charge < -0.3 is 0 Å². The van der Waals surface area contributed by atoms with Crippen molar-refractivity contribution in [1.82, 2.24) is 9.38 Å². The average Bonchev–Trinajstić information content (AvgIpc) is 3.53. The number of imidazole rings is 1. The molecule has 9 aromatic rings. The molecule has 0 aliphatic carbocycles. The van der Waals surface area contributed by atoms with Gasteiger partial charge in [-0.15, -0.1) is 0 Å². The summed E-state index contributed by atoms with van der Waals surface area (Å²) in [4.78, 5) is 5.34. The van der Waals surface area contributed by atoms with E-state index in [1.807, 2.05) is 0 Å². The largest absolute Gasteiger partial charge is 0.291 e. The second-order valence-electron chi connectivity index (χ2n) is 11.6. The normalized spacial score (nSPS) is 11.6. The lowest BCUT2D eigenvalue weighted by molar-refractivity contribution is 1.27. The van der Waals surface area contributed by atoms with Gasteiger partial charge in [-0.3, -0.25) is 4.40 Å². The molecule has 0 N–H and O–H groups in total. The van der Waals surface area contributed by atoms with Gasteiger partial charge in [-0.1, -0.05) is 152 Å². The van der Waals surface area contributed by atoms with Gasteiger partial charge in [-0.2, -0.15) is 0 Å². The van der Waals surface area contributed by atoms with Crippen LogP contribution in [-0.4, -0.2) is 9.38 Å². The minimum Gasteiger partial charge on any atom is -0.291 e. The topological polar surface area (TPSA) is 17.3 Å². The quantitative estimate of drug-likeness (QED) is 0.192. The molecule has 0 bridgehead atoms. The number of hydrogen-bond acceptors (Lipinski definition) is 1. The highest BCUT2D eigenvalue weighted by atomic mass is 15.0. The fraction of sp³-hybridized carbons (Fsp3) is 0. The highest BCUT2D eigenvalue weighted by Crippen LogP contribution is 2.40. The smallest absolute Gasteiger partial charge is 0.146 e. The van der Waals surface area contributed by atoms with Crippen LogP contribution in [0.2, 0.25) is 0 Å². The van der Waals surface area contributed by atoms with Crippen molar-refractivity contribution in [1.29, 1.82) is 0 Å². The maximum absolute atomic E-state index is 5.34. The number of nitrogens with zero attached hydrogens (tertiary/aromatic N) is 2. The van der Waals surface area contributed by atoms with Gasteiger partial charge in [0.1, 0.15) is 5.65 Å². The first-order valence-corrected chi connectivity index (χ1v) is 15.4. The molecule has 0 unspecified atom stereocenters. The molecule has 0 saturated carbocycles. The van der Waals surface area contributed by atoms with Crippen molar-refractivity contribution in [2.75, 3.05) is 0 Å². The first kappa shape index (κ1) is 25.5. The van der Waals surface area contributed by atoms with Crippen LogP contribution in [0.3, 0.4) is 0 Å². The van der Waals surface area contributed by atoms with Gasteiger partial charge >= 0.3 is 0 Å². The number of rotatable bonds is 4. The summed E-state index contributed by atoms with van der Waals surface area (Å²) < 4.78 is 2.36. The Morgan fingerprint density at radius 3 is 1.64 bits per heavy atom. The van der Waals surface area contributed by atoms with Crippen LogP contribution in [0.15, 0.2) is 170 Å². The van der Waals surface area contributed by atoms with Gasteiger partial charge in [0.2, 0.25) is 0 Å². The third-order valence-corrected chi connectivity index (χ3v) is 8.97. The molecule has 9 rings (SSSR count). The fourth-order valence-corrected chi connectivity index (χ4v) is 6.76. The lowest BCUT2D eigenvalue weighted by Crippen LogP contribution is -1.95. The zero-order valence-electron chi connectivity index (χ0n) is 24.6. The van der Waals surface area contributed by atoms with Crippen LogP contribution in [0.25, 0.3) is 82.9 Å². The Morgan fingerprint density at radius 1 is 0.356 bits per heavy atom. The predicted octanol–water partition coefficient (Wildman–Crippen LogP) is 11.5. The average molecular weight is 573 g/mol. The summed E-state index contributed by atoms with van der Waals surface area (Å²) in [7, 11) is 0. The first-order valence-electron chi connectivity index (χ1n) is 15.4. The minimum absolute atomic E-state index is 0.975. The summed E-state index contributed by atoms with van der Waals surface area (Å²) in [6, 6.07) is 60.9. The molecule has 45 heavy (non-hydrogen) atoms. The number of hydrogen-bond donors (Lipinski definition) is 0. The van der Waals surface area contributed by atoms with Gasteiger partial charge in [0.15, 0.2) is 0 Å². The number of fused-ring (bicyclic) bond motifs is 7. The summed E-state index contributed by atoms with van der Waals surface area (Å²) in [5.74, 6) is 0. The lowest BCUT2D eigenvalue weighted by atomic mass is 9.96. The van der Waals surface area contributed by atoms with Crippen LogP contribution in [0.4, 0.5) is 0 Å². The monoisotopic (exact) mass is 572 g/mol. The Balaban J connectivity index is 1.25. The SMILES string of the molecule is c1ccc(-c2nc3c4ccccc4c4cc(-c5ccc(-c6ccc7ccccc7c6)cc5)ccc4n3c2-c2ccccc2)cc1. The van der Waals surface area contributed by atoms with E-state index >= 15 is 0 Å². The van der Waals surface area contributed by atoms with Crippen LogP contribution >= 0.6 is 0 Å². The summed E-state index contributed by atoms with van der Waals surface area (Å²) in [6.07, 6.45) is 0. The van der Waals surface area contributed by atoms with Gasteiger partial charge in [-0.25, -0.2) is 4.98 Å². The van der Waals surface area contributed by atoms with Crippen LogP contribution in [-0.2, 0) is 0 Å². The van der Waals surface area contributed by atoms with E-state index in [0.29, 0.717) is 0 Å². The Bertz CT molecular complexity index is 2510. The lowest BCUT2D eigenvalue weighted by Gasteiger charge is -2.13. The van der Waals surface area contributed by atoms with E-state index in [-0.39, 0.29) is 0 Å². The molecule has 2 heterocycles. The molecule has 0 saturated heterocycles. The molecule has 0 fully saturated rings. The van der Waals surface area contributed by atoms with Crippen molar-refractivity contribution in [2.45, 2.75) is 0 Å². The van der Waals surface area contributed by atoms with E-state index in [0.717, 1.165) is 39.1 Å². The molecule has 7 aromatic carbocycles. The standard InChI is InChI=1S/C43H28N2/c1-3-12-32(13-4-1)41-42(33-14-5-2-6-15-33)45-40-26-25-36(28-39(40)37-17-9-10-18-38(37)43(45)44-41)31-21-19-30(20-22-31)35-24-23-29-11-7-8-16-34(29)27-35/h1-28H. The summed E-state index contributed by atoms with van der Waals surface area (Å²) >= 11 is 0. The molecule has 2 heteroatoms. The second kappa shape index (κ2) is 10.3. The molecule has 0 amide bonds. The third kappa shape index (κ3) is 4.22. The summed E-state index contributed by atoms with van der Waals surface area (Å²) in [5.41, 5.74) is 11.3. The van der Waals surface area contributed by atoms with Crippen LogP contribution in [0.5, 0.6) is 0 Å². The van der Waals surface area contributed by atoms with E-state index in [1.165, 1.54) is 43.8 Å². The van der Waals surface area contributed by atoms with E-state index in [1.54, 1.807) is 0 Å². The highest BCUT2D eigenvalue weighted by molar-refractivity contribution is 6.14. The Labute approximate surface area is 261 Å². The van der Waals surface area contributed by atoms with Gasteiger partial charge in [0.25, 0.3) is 0 Å².